The fourth-order valence-electron chi connectivity index (χ4n) is 1.30. The van der Waals surface area contributed by atoms with E-state index in [-0.39, 0.29) is 6.10 Å². The van der Waals surface area contributed by atoms with E-state index in [2.05, 4.69) is 11.8 Å². The van der Waals surface area contributed by atoms with Gasteiger partial charge >= 0.3 is 0 Å². The van der Waals surface area contributed by atoms with Crippen LogP contribution >= 0.6 is 0 Å². The first kappa shape index (κ1) is 10.3. The van der Waals surface area contributed by atoms with Crippen molar-refractivity contribution in [3.05, 3.63) is 24.2 Å². The Morgan fingerprint density at radius 1 is 1.62 bits per heavy atom. The molecule has 0 saturated carbocycles. The number of furan rings is 1. The van der Waals surface area contributed by atoms with E-state index in [0.29, 0.717) is 6.54 Å². The number of aliphatic hydroxyl groups excluding tert-OH is 1. The lowest BCUT2D eigenvalue weighted by molar-refractivity contribution is 0.121. The molecule has 0 fully saturated rings. The molecular weight excluding hydrogens is 166 g/mol. The molecule has 0 radical (unpaired) electrons. The third-order valence-corrected chi connectivity index (χ3v) is 1.93. The molecule has 0 amide bonds. The van der Waals surface area contributed by atoms with Gasteiger partial charge in [-0.2, -0.15) is 0 Å². The number of nitrogens with zero attached hydrogens (tertiary/aromatic N) is 1. The molecule has 0 bridgehead atoms. The highest BCUT2D eigenvalue weighted by Crippen LogP contribution is 2.05. The molecule has 0 saturated heterocycles. The minimum absolute atomic E-state index is 0.282. The van der Waals surface area contributed by atoms with Crippen LogP contribution in [-0.2, 0) is 6.54 Å². The highest BCUT2D eigenvalue weighted by molar-refractivity contribution is 4.97. The van der Waals surface area contributed by atoms with Crippen LogP contribution in [0.5, 0.6) is 0 Å². The summed E-state index contributed by atoms with van der Waals surface area (Å²) in [5, 5.41) is 9.21. The normalized spacial score (nSPS) is 13.5. The van der Waals surface area contributed by atoms with Crippen LogP contribution < -0.4 is 0 Å². The lowest BCUT2D eigenvalue weighted by Gasteiger charge is -2.20. The first-order valence-electron chi connectivity index (χ1n) is 4.65. The van der Waals surface area contributed by atoms with E-state index in [4.69, 9.17) is 4.42 Å². The van der Waals surface area contributed by atoms with E-state index in [1.165, 1.54) is 0 Å². The summed E-state index contributed by atoms with van der Waals surface area (Å²) in [5.74, 6) is 0.947. The van der Waals surface area contributed by atoms with Gasteiger partial charge in [0.25, 0.3) is 0 Å². The van der Waals surface area contributed by atoms with Crippen molar-refractivity contribution in [2.45, 2.75) is 26.5 Å². The van der Waals surface area contributed by atoms with Crippen LogP contribution in [0.1, 0.15) is 19.6 Å². The smallest absolute Gasteiger partial charge is 0.117 e. The molecule has 13 heavy (non-hydrogen) atoms. The summed E-state index contributed by atoms with van der Waals surface area (Å²) in [4.78, 5) is 2.14. The van der Waals surface area contributed by atoms with Gasteiger partial charge in [0.2, 0.25) is 0 Å². The van der Waals surface area contributed by atoms with E-state index in [0.717, 1.165) is 18.8 Å². The van der Waals surface area contributed by atoms with Crippen LogP contribution in [0.2, 0.25) is 0 Å². The molecule has 74 valence electrons. The zero-order valence-corrected chi connectivity index (χ0v) is 8.23. The first-order valence-corrected chi connectivity index (χ1v) is 4.65. The molecule has 0 spiro atoms. The molecule has 1 N–H and O–H groups in total. The third-order valence-electron chi connectivity index (χ3n) is 1.93. The Balaban J connectivity index is 2.40. The lowest BCUT2D eigenvalue weighted by atomic mass is 10.3. The van der Waals surface area contributed by atoms with Crippen molar-refractivity contribution in [2.75, 3.05) is 13.1 Å². The topological polar surface area (TPSA) is 36.6 Å². The van der Waals surface area contributed by atoms with Crippen LogP contribution in [0.25, 0.3) is 0 Å². The van der Waals surface area contributed by atoms with Gasteiger partial charge in [0.1, 0.15) is 5.76 Å². The van der Waals surface area contributed by atoms with E-state index < -0.39 is 0 Å². The van der Waals surface area contributed by atoms with E-state index >= 15 is 0 Å². The summed E-state index contributed by atoms with van der Waals surface area (Å²) in [6.07, 6.45) is 1.39. The van der Waals surface area contributed by atoms with Crippen LogP contribution in [-0.4, -0.2) is 29.2 Å². The molecule has 1 heterocycles. The lowest BCUT2D eigenvalue weighted by Crippen LogP contribution is -2.30. The summed E-state index contributed by atoms with van der Waals surface area (Å²) in [6.45, 7) is 6.26. The zero-order valence-electron chi connectivity index (χ0n) is 8.23. The molecule has 1 rings (SSSR count). The fourth-order valence-corrected chi connectivity index (χ4v) is 1.30. The summed E-state index contributed by atoms with van der Waals surface area (Å²) in [7, 11) is 0. The Morgan fingerprint density at radius 3 is 2.85 bits per heavy atom. The number of likely N-dealkylation sites (N-methyl/N-ethyl adjacent to an activating group) is 1. The van der Waals surface area contributed by atoms with Crippen LogP contribution in [0.15, 0.2) is 22.8 Å². The molecule has 1 aromatic heterocycles. The zero-order chi connectivity index (χ0) is 9.68. The summed E-state index contributed by atoms with van der Waals surface area (Å²) in [5.41, 5.74) is 0. The van der Waals surface area contributed by atoms with Crippen molar-refractivity contribution in [1.82, 2.24) is 4.90 Å². The number of hydrogen-bond acceptors (Lipinski definition) is 3. The molecule has 0 aliphatic carbocycles. The van der Waals surface area contributed by atoms with Crippen molar-refractivity contribution in [2.24, 2.45) is 0 Å². The van der Waals surface area contributed by atoms with E-state index in [1.807, 2.05) is 12.1 Å². The van der Waals surface area contributed by atoms with Gasteiger partial charge in [0.05, 0.1) is 18.9 Å². The van der Waals surface area contributed by atoms with Crippen molar-refractivity contribution < 1.29 is 9.52 Å². The maximum Gasteiger partial charge on any atom is 0.117 e. The quantitative estimate of drug-likeness (QED) is 0.751. The Hall–Kier alpha value is -0.800. The molecule has 3 heteroatoms. The minimum Gasteiger partial charge on any atom is -0.468 e. The first-order chi connectivity index (χ1) is 6.22. The average molecular weight is 183 g/mol. The maximum atomic E-state index is 9.21. The predicted octanol–water partition coefficient (Wildman–Crippen LogP) is 1.48. The fraction of sp³-hybridized carbons (Fsp3) is 0.600. The largest absolute Gasteiger partial charge is 0.468 e. The summed E-state index contributed by atoms with van der Waals surface area (Å²) < 4.78 is 5.22. The van der Waals surface area contributed by atoms with Gasteiger partial charge in [0, 0.05) is 6.54 Å². The van der Waals surface area contributed by atoms with Gasteiger partial charge in [-0.1, -0.05) is 6.92 Å². The highest BCUT2D eigenvalue weighted by atomic mass is 16.3. The monoisotopic (exact) mass is 183 g/mol. The van der Waals surface area contributed by atoms with Gasteiger partial charge in [0.15, 0.2) is 0 Å². The third kappa shape index (κ3) is 3.61. The van der Waals surface area contributed by atoms with Crippen molar-refractivity contribution in [1.29, 1.82) is 0 Å². The van der Waals surface area contributed by atoms with E-state index in [1.54, 1.807) is 13.2 Å². The Bertz CT molecular complexity index is 219. The number of hydrogen-bond donors (Lipinski definition) is 1. The second-order valence-electron chi connectivity index (χ2n) is 3.26. The predicted molar refractivity (Wildman–Crippen MR) is 51.3 cm³/mol. The molecule has 1 aromatic rings. The van der Waals surface area contributed by atoms with Crippen molar-refractivity contribution >= 4 is 0 Å². The second-order valence-corrected chi connectivity index (χ2v) is 3.26. The summed E-state index contributed by atoms with van der Waals surface area (Å²) >= 11 is 0. The molecule has 0 aliphatic heterocycles. The standard InChI is InChI=1S/C10H17NO2/c1-3-11(7-9(2)12)8-10-5-4-6-13-10/h4-6,9,12H,3,7-8H2,1-2H3. The Labute approximate surface area is 79.0 Å². The van der Waals surface area contributed by atoms with Gasteiger partial charge in [-0.25, -0.2) is 0 Å². The van der Waals surface area contributed by atoms with Crippen LogP contribution in [0, 0.1) is 0 Å². The maximum absolute atomic E-state index is 9.21. The second kappa shape index (κ2) is 5.04. The number of aliphatic hydroxyl groups is 1. The van der Waals surface area contributed by atoms with E-state index in [9.17, 15) is 5.11 Å². The van der Waals surface area contributed by atoms with Gasteiger partial charge in [-0.05, 0) is 25.6 Å². The van der Waals surface area contributed by atoms with Crippen molar-refractivity contribution in [3.8, 4) is 0 Å². The minimum atomic E-state index is -0.282. The number of rotatable bonds is 5. The molecule has 0 aromatic carbocycles. The Kier molecular flexibility index (Phi) is 3.99. The molecular formula is C10H17NO2. The van der Waals surface area contributed by atoms with Crippen molar-refractivity contribution in [3.63, 3.8) is 0 Å². The SMILES string of the molecule is CCN(Cc1ccco1)CC(C)O. The van der Waals surface area contributed by atoms with Gasteiger partial charge in [-0.3, -0.25) is 4.90 Å². The molecule has 1 atom stereocenters. The molecule has 0 aliphatic rings. The average Bonchev–Trinajstić information content (AvgIpc) is 2.55. The van der Waals surface area contributed by atoms with Crippen LogP contribution in [0.4, 0.5) is 0 Å². The highest BCUT2D eigenvalue weighted by Gasteiger charge is 2.07. The van der Waals surface area contributed by atoms with Crippen LogP contribution in [0.3, 0.4) is 0 Å². The molecule has 3 nitrogen and oxygen atoms in total. The van der Waals surface area contributed by atoms with Gasteiger partial charge in [-0.15, -0.1) is 0 Å². The summed E-state index contributed by atoms with van der Waals surface area (Å²) in [6, 6.07) is 3.83. The van der Waals surface area contributed by atoms with Gasteiger partial charge < -0.3 is 9.52 Å². The molecule has 1 unspecified atom stereocenters. The Morgan fingerprint density at radius 2 is 2.38 bits per heavy atom.